The molecule has 2 unspecified atom stereocenters. The zero-order chi connectivity index (χ0) is 31.5. The summed E-state index contributed by atoms with van der Waals surface area (Å²) >= 11 is 0. The van der Waals surface area contributed by atoms with Gasteiger partial charge in [-0.1, -0.05) is 92.9 Å². The van der Waals surface area contributed by atoms with Crippen LogP contribution >= 0.6 is 0 Å². The Labute approximate surface area is 256 Å². The summed E-state index contributed by atoms with van der Waals surface area (Å²) in [6, 6.07) is 4.69. The molecule has 1 radical (unpaired) electrons. The standard InChI is InChI=1S/C14H12BN2O3.C9H20.C7H14O2.C4H10/c1-7-2-3-8-9(6-7)14(20)17(12(8)15)10-4-5-11(18)16-13(10)19;1-4-6-7-8-9(3)5-2;1-2-3-4-7-8-5-6-9-7;1-3-4-2/h2-3,6,10H,4-5H2,1H3,(H,16,18,19);9H,4-8H2,1-3H3;7H,2-6H2,1H3;3-4H2,1-2H3. The molecule has 0 saturated carbocycles. The Morgan fingerprint density at radius 1 is 0.929 bits per heavy atom. The number of imide groups is 1. The molecule has 1 aromatic rings. The number of ether oxygens (including phenoxy) is 2. The first-order chi connectivity index (χ1) is 20.1. The number of fused-ring (bicyclic) bond motifs is 1. The summed E-state index contributed by atoms with van der Waals surface area (Å²) in [5.74, 6) is -0.112. The molecule has 0 aromatic heterocycles. The van der Waals surface area contributed by atoms with Gasteiger partial charge >= 0.3 is 116 Å². The number of unbranched alkanes of at least 4 members (excludes halogenated alkanes) is 4. The van der Waals surface area contributed by atoms with Crippen molar-refractivity contribution in [2.75, 3.05) is 13.2 Å². The summed E-state index contributed by atoms with van der Waals surface area (Å²) < 4.78 is 10.5. The summed E-state index contributed by atoms with van der Waals surface area (Å²) in [7, 11) is 6.02. The van der Waals surface area contributed by atoms with Crippen molar-refractivity contribution in [3.05, 3.63) is 34.9 Å². The first-order valence-electron chi connectivity index (χ1n) is 16.3. The van der Waals surface area contributed by atoms with E-state index in [1.54, 1.807) is 12.1 Å². The van der Waals surface area contributed by atoms with Gasteiger partial charge in [-0.15, -0.1) is 0 Å². The van der Waals surface area contributed by atoms with E-state index in [-0.39, 0.29) is 30.1 Å². The van der Waals surface area contributed by atoms with Crippen molar-refractivity contribution >= 4 is 30.8 Å². The zero-order valence-corrected chi connectivity index (χ0v) is 27.4. The molecule has 3 amide bonds. The van der Waals surface area contributed by atoms with Crippen molar-refractivity contribution in [2.45, 2.75) is 138 Å². The second-order valence-electron chi connectivity index (χ2n) is 11.4. The van der Waals surface area contributed by atoms with Gasteiger partial charge in [0.1, 0.15) is 0 Å². The predicted molar refractivity (Wildman–Crippen MR) is 173 cm³/mol. The van der Waals surface area contributed by atoms with Gasteiger partial charge in [-0.05, 0) is 18.8 Å². The van der Waals surface area contributed by atoms with Gasteiger partial charge in [0.15, 0.2) is 6.29 Å². The SMILES string of the molecule is CCCC.CCCCC1OCCO1.CCCCCC(C)CC.[B]=C1c2ccc(C)cc2C(=O)N1C1CCC(=O)NC1=O. The minimum atomic E-state index is -0.715. The van der Waals surface area contributed by atoms with Crippen LogP contribution in [0, 0.1) is 12.8 Å². The van der Waals surface area contributed by atoms with Crippen LogP contribution in [0.5, 0.6) is 0 Å². The van der Waals surface area contributed by atoms with E-state index in [1.807, 2.05) is 13.0 Å². The first kappa shape index (κ1) is 37.7. The molecule has 1 N–H and O–H groups in total. The van der Waals surface area contributed by atoms with Crippen LogP contribution in [0.2, 0.25) is 0 Å². The molecule has 42 heavy (non-hydrogen) atoms. The van der Waals surface area contributed by atoms with Crippen molar-refractivity contribution in [3.63, 3.8) is 0 Å². The molecule has 0 spiro atoms. The van der Waals surface area contributed by atoms with E-state index in [4.69, 9.17) is 17.0 Å². The molecule has 3 heterocycles. The Morgan fingerprint density at radius 2 is 1.57 bits per heavy atom. The number of benzene rings is 1. The van der Waals surface area contributed by atoms with Gasteiger partial charge in [0.2, 0.25) is 0 Å². The normalized spacial score (nSPS) is 18.6. The third-order valence-corrected chi connectivity index (χ3v) is 7.66. The number of nitrogens with zero attached hydrogens (tertiary/aromatic N) is 1. The molecule has 1 aromatic carbocycles. The number of nitrogens with one attached hydrogen (secondary N) is 1. The number of rotatable bonds is 10. The van der Waals surface area contributed by atoms with Gasteiger partial charge < -0.3 is 9.47 Å². The second-order valence-corrected chi connectivity index (χ2v) is 11.4. The number of carbonyl (C=O) groups excluding carboxylic acids is 3. The van der Waals surface area contributed by atoms with Crippen molar-refractivity contribution in [1.29, 1.82) is 0 Å². The topological polar surface area (TPSA) is 84.9 Å². The molecule has 8 heteroatoms. The van der Waals surface area contributed by atoms with Crippen LogP contribution in [-0.4, -0.2) is 61.2 Å². The number of hydrogen-bond donors (Lipinski definition) is 1. The van der Waals surface area contributed by atoms with Crippen LogP contribution in [0.1, 0.15) is 140 Å². The van der Waals surface area contributed by atoms with E-state index >= 15 is 0 Å². The fourth-order valence-electron chi connectivity index (χ4n) is 4.56. The summed E-state index contributed by atoms with van der Waals surface area (Å²) in [5, 5.41) is 2.24. The zero-order valence-electron chi connectivity index (χ0n) is 27.4. The van der Waals surface area contributed by atoms with Crippen molar-refractivity contribution in [3.8, 4) is 0 Å². The molecule has 2 fully saturated rings. The van der Waals surface area contributed by atoms with Crippen LogP contribution in [-0.2, 0) is 19.1 Å². The fourth-order valence-corrected chi connectivity index (χ4v) is 4.56. The average molecular weight is 584 g/mol. The van der Waals surface area contributed by atoms with Crippen molar-refractivity contribution in [1.82, 2.24) is 10.2 Å². The Hall–Kier alpha value is -2.32. The number of aryl methyl sites for hydroxylation is 1. The van der Waals surface area contributed by atoms with Gasteiger partial charge in [0, 0.05) is 0 Å². The minimum absolute atomic E-state index is 0.116. The fraction of sp³-hybridized carbons (Fsp3) is 0.706. The average Bonchev–Trinajstić information content (AvgIpc) is 3.59. The molecule has 3 aliphatic heterocycles. The van der Waals surface area contributed by atoms with Crippen LogP contribution in [0.3, 0.4) is 0 Å². The molecular weight excluding hydrogens is 527 g/mol. The summed E-state index contributed by atoms with van der Waals surface area (Å²) in [5.41, 5.74) is 2.38. The van der Waals surface area contributed by atoms with E-state index in [0.717, 1.165) is 31.1 Å². The van der Waals surface area contributed by atoms with Crippen molar-refractivity contribution < 1.29 is 23.9 Å². The monoisotopic (exact) mass is 583 g/mol. The molecule has 235 valence electrons. The third-order valence-electron chi connectivity index (χ3n) is 7.66. The second kappa shape index (κ2) is 21.4. The molecule has 2 saturated heterocycles. The molecule has 2 atom stereocenters. The van der Waals surface area contributed by atoms with Gasteiger partial charge in [-0.25, -0.2) is 0 Å². The maximum atomic E-state index is 12.4. The third kappa shape index (κ3) is 12.9. The number of hydrogen-bond acceptors (Lipinski definition) is 5. The Morgan fingerprint density at radius 3 is 2.12 bits per heavy atom. The van der Waals surface area contributed by atoms with E-state index in [2.05, 4.69) is 46.9 Å². The molecular formula is C34H56BN2O5. The Balaban J connectivity index is 0.000000335. The predicted octanol–water partition coefficient (Wildman–Crippen LogP) is 6.87. The molecule has 4 rings (SSSR count). The summed E-state index contributed by atoms with van der Waals surface area (Å²) in [6.45, 7) is 16.9. The van der Waals surface area contributed by atoms with Gasteiger partial charge in [0.25, 0.3) is 0 Å². The molecule has 0 bridgehead atoms. The quantitative estimate of drug-likeness (QED) is 0.185. The van der Waals surface area contributed by atoms with E-state index in [1.165, 1.54) is 62.7 Å². The summed E-state index contributed by atoms with van der Waals surface area (Å²) in [6.07, 6.45) is 13.8. The van der Waals surface area contributed by atoms with Gasteiger partial charge in [0.05, 0.1) is 13.2 Å². The van der Waals surface area contributed by atoms with E-state index < -0.39 is 11.9 Å². The van der Waals surface area contributed by atoms with E-state index in [0.29, 0.717) is 17.5 Å². The number of amides is 3. The molecule has 3 aliphatic rings. The maximum absolute atomic E-state index is 12.4. The van der Waals surface area contributed by atoms with Crippen LogP contribution in [0.15, 0.2) is 18.2 Å². The van der Waals surface area contributed by atoms with Gasteiger partial charge in [-0.2, -0.15) is 0 Å². The number of carbonyl (C=O) groups is 3. The van der Waals surface area contributed by atoms with Crippen LogP contribution in [0.25, 0.3) is 0 Å². The Bertz CT molecular complexity index is 975. The first-order valence-corrected chi connectivity index (χ1v) is 16.3. The van der Waals surface area contributed by atoms with Gasteiger partial charge in [-0.3, -0.25) is 0 Å². The van der Waals surface area contributed by atoms with Crippen LogP contribution < -0.4 is 5.32 Å². The van der Waals surface area contributed by atoms with Crippen molar-refractivity contribution in [2.24, 2.45) is 5.92 Å². The summed E-state index contributed by atoms with van der Waals surface area (Å²) in [4.78, 5) is 36.8. The molecule has 0 aliphatic carbocycles. The van der Waals surface area contributed by atoms with E-state index in [9.17, 15) is 14.4 Å². The molecule has 7 nitrogen and oxygen atoms in total. The Kier molecular flexibility index (Phi) is 19.2. The van der Waals surface area contributed by atoms with Crippen LogP contribution in [0.4, 0.5) is 0 Å². The number of piperidine rings is 1.